The fourth-order valence-electron chi connectivity index (χ4n) is 1.60. The predicted molar refractivity (Wildman–Crippen MR) is 61.3 cm³/mol. The van der Waals surface area contributed by atoms with Crippen LogP contribution in [0.2, 0.25) is 0 Å². The van der Waals surface area contributed by atoms with Gasteiger partial charge in [-0.1, -0.05) is 22.0 Å². The van der Waals surface area contributed by atoms with Gasteiger partial charge in [0.15, 0.2) is 0 Å². The maximum atomic E-state index is 5.77. The summed E-state index contributed by atoms with van der Waals surface area (Å²) in [7, 11) is 0. The van der Waals surface area contributed by atoms with Crippen LogP contribution in [0.4, 0.5) is 0 Å². The first-order chi connectivity index (χ1) is 6.68. The van der Waals surface area contributed by atoms with Crippen LogP contribution in [0.15, 0.2) is 33.4 Å². The van der Waals surface area contributed by atoms with Gasteiger partial charge in [0.1, 0.15) is 5.58 Å². The number of rotatable bonds is 2. The van der Waals surface area contributed by atoms with E-state index in [0.29, 0.717) is 0 Å². The van der Waals surface area contributed by atoms with Crippen molar-refractivity contribution in [3.63, 3.8) is 0 Å². The average Bonchev–Trinajstić information content (AvgIpc) is 2.49. The molecular weight excluding hydrogens is 242 g/mol. The van der Waals surface area contributed by atoms with Crippen molar-refractivity contribution in [2.24, 2.45) is 5.73 Å². The van der Waals surface area contributed by atoms with Crippen LogP contribution in [0.25, 0.3) is 11.0 Å². The molecule has 3 heteroatoms. The van der Waals surface area contributed by atoms with E-state index in [0.717, 1.165) is 21.9 Å². The van der Waals surface area contributed by atoms with Gasteiger partial charge in [-0.2, -0.15) is 0 Å². The van der Waals surface area contributed by atoms with Gasteiger partial charge in [-0.3, -0.25) is 0 Å². The van der Waals surface area contributed by atoms with E-state index in [9.17, 15) is 0 Å². The Morgan fingerprint density at radius 2 is 2.29 bits per heavy atom. The van der Waals surface area contributed by atoms with Gasteiger partial charge in [0.2, 0.25) is 0 Å². The van der Waals surface area contributed by atoms with E-state index in [-0.39, 0.29) is 6.04 Å². The average molecular weight is 254 g/mol. The highest BCUT2D eigenvalue weighted by atomic mass is 79.9. The fraction of sp³-hybridized carbons (Fsp3) is 0.273. The van der Waals surface area contributed by atoms with Crippen molar-refractivity contribution in [3.05, 3.63) is 34.5 Å². The zero-order chi connectivity index (χ0) is 10.1. The molecule has 0 aliphatic carbocycles. The van der Waals surface area contributed by atoms with Crippen molar-refractivity contribution >= 4 is 26.9 Å². The lowest BCUT2D eigenvalue weighted by Gasteiger charge is -2.02. The molecule has 2 nitrogen and oxygen atoms in total. The minimum Gasteiger partial charge on any atom is -0.464 e. The molecule has 0 saturated heterocycles. The molecule has 0 amide bonds. The Morgan fingerprint density at radius 1 is 1.50 bits per heavy atom. The zero-order valence-corrected chi connectivity index (χ0v) is 9.54. The lowest BCUT2D eigenvalue weighted by molar-refractivity contribution is 0.605. The molecule has 2 rings (SSSR count). The molecule has 0 saturated carbocycles. The molecule has 0 bridgehead atoms. The zero-order valence-electron chi connectivity index (χ0n) is 7.96. The molecule has 2 N–H and O–H groups in total. The predicted octanol–water partition coefficient (Wildman–Crippen LogP) is 3.09. The Bertz CT molecular complexity index is 447. The molecule has 74 valence electrons. The Labute approximate surface area is 91.2 Å². The lowest BCUT2D eigenvalue weighted by Crippen LogP contribution is -2.17. The van der Waals surface area contributed by atoms with Crippen LogP contribution in [0.3, 0.4) is 0 Å². The summed E-state index contributed by atoms with van der Waals surface area (Å²) in [5.74, 6) is 0. The molecule has 2 aromatic rings. The van der Waals surface area contributed by atoms with E-state index < -0.39 is 0 Å². The minimum atomic E-state index is 0.155. The Balaban J connectivity index is 2.55. The molecular formula is C11H12BrNO. The number of halogens is 1. The topological polar surface area (TPSA) is 39.2 Å². The van der Waals surface area contributed by atoms with Crippen LogP contribution >= 0.6 is 15.9 Å². The van der Waals surface area contributed by atoms with Gasteiger partial charge in [0, 0.05) is 21.5 Å². The number of benzene rings is 1. The van der Waals surface area contributed by atoms with Gasteiger partial charge in [0.25, 0.3) is 0 Å². The largest absolute Gasteiger partial charge is 0.464 e. The molecule has 14 heavy (non-hydrogen) atoms. The van der Waals surface area contributed by atoms with Crippen LogP contribution in [0.5, 0.6) is 0 Å². The summed E-state index contributed by atoms with van der Waals surface area (Å²) < 4.78 is 6.51. The molecule has 1 unspecified atom stereocenters. The summed E-state index contributed by atoms with van der Waals surface area (Å²) in [5, 5.41) is 1.14. The molecule has 1 heterocycles. The van der Waals surface area contributed by atoms with Crippen molar-refractivity contribution in [2.45, 2.75) is 19.4 Å². The van der Waals surface area contributed by atoms with Crippen LogP contribution in [-0.4, -0.2) is 6.04 Å². The summed E-state index contributed by atoms with van der Waals surface area (Å²) >= 11 is 3.52. The molecule has 0 aliphatic heterocycles. The number of hydrogen-bond acceptors (Lipinski definition) is 2. The van der Waals surface area contributed by atoms with Crippen LogP contribution in [0, 0.1) is 0 Å². The normalized spacial score (nSPS) is 13.4. The van der Waals surface area contributed by atoms with E-state index in [4.69, 9.17) is 10.2 Å². The standard InChI is InChI=1S/C11H12BrNO/c1-7(13)5-8-6-14-10-4-2-3-9(12)11(8)10/h2-4,6-7H,5,13H2,1H3. The molecule has 1 aromatic carbocycles. The van der Waals surface area contributed by atoms with Gasteiger partial charge < -0.3 is 10.2 Å². The van der Waals surface area contributed by atoms with Crippen molar-refractivity contribution in [1.29, 1.82) is 0 Å². The Hall–Kier alpha value is -0.800. The van der Waals surface area contributed by atoms with Gasteiger partial charge in [-0.15, -0.1) is 0 Å². The maximum absolute atomic E-state index is 5.77. The van der Waals surface area contributed by atoms with Gasteiger partial charge in [-0.05, 0) is 25.5 Å². The maximum Gasteiger partial charge on any atom is 0.135 e. The second-order valence-corrected chi connectivity index (χ2v) is 4.41. The fourth-order valence-corrected chi connectivity index (χ4v) is 2.21. The summed E-state index contributed by atoms with van der Waals surface area (Å²) in [5.41, 5.74) is 7.85. The van der Waals surface area contributed by atoms with E-state index in [1.54, 1.807) is 6.26 Å². The SMILES string of the molecule is CC(N)Cc1coc2cccc(Br)c12. The van der Waals surface area contributed by atoms with Crippen LogP contribution in [-0.2, 0) is 6.42 Å². The molecule has 0 spiro atoms. The third-order valence-electron chi connectivity index (χ3n) is 2.17. The van der Waals surface area contributed by atoms with Crippen LogP contribution in [0.1, 0.15) is 12.5 Å². The monoisotopic (exact) mass is 253 g/mol. The third kappa shape index (κ3) is 1.70. The second-order valence-electron chi connectivity index (χ2n) is 3.56. The number of hydrogen-bond donors (Lipinski definition) is 1. The smallest absolute Gasteiger partial charge is 0.135 e. The Morgan fingerprint density at radius 3 is 3.00 bits per heavy atom. The molecule has 1 aromatic heterocycles. The van der Waals surface area contributed by atoms with E-state index in [2.05, 4.69) is 15.9 Å². The molecule has 0 fully saturated rings. The minimum absolute atomic E-state index is 0.155. The van der Waals surface area contributed by atoms with Crippen molar-refractivity contribution in [2.75, 3.05) is 0 Å². The number of nitrogens with two attached hydrogens (primary N) is 1. The summed E-state index contributed by atoms with van der Waals surface area (Å²) in [6.07, 6.45) is 2.63. The third-order valence-corrected chi connectivity index (χ3v) is 2.83. The van der Waals surface area contributed by atoms with E-state index in [1.165, 1.54) is 5.56 Å². The van der Waals surface area contributed by atoms with Gasteiger partial charge in [-0.25, -0.2) is 0 Å². The highest BCUT2D eigenvalue weighted by molar-refractivity contribution is 9.10. The number of furan rings is 1. The molecule has 0 aliphatic rings. The summed E-state index contributed by atoms with van der Waals surface area (Å²) in [6.45, 7) is 2.00. The first-order valence-corrected chi connectivity index (χ1v) is 5.38. The number of fused-ring (bicyclic) bond motifs is 1. The van der Waals surface area contributed by atoms with Crippen molar-refractivity contribution in [3.8, 4) is 0 Å². The summed E-state index contributed by atoms with van der Waals surface area (Å²) in [6, 6.07) is 6.10. The van der Waals surface area contributed by atoms with Gasteiger partial charge >= 0.3 is 0 Å². The molecule has 1 atom stereocenters. The van der Waals surface area contributed by atoms with Crippen molar-refractivity contribution < 1.29 is 4.42 Å². The highest BCUT2D eigenvalue weighted by Crippen LogP contribution is 2.29. The second kappa shape index (κ2) is 3.75. The lowest BCUT2D eigenvalue weighted by atomic mass is 10.1. The van der Waals surface area contributed by atoms with Crippen molar-refractivity contribution in [1.82, 2.24) is 0 Å². The highest BCUT2D eigenvalue weighted by Gasteiger charge is 2.09. The first kappa shape index (κ1) is 9.74. The summed E-state index contributed by atoms with van der Waals surface area (Å²) in [4.78, 5) is 0. The Kier molecular flexibility index (Phi) is 2.61. The van der Waals surface area contributed by atoms with E-state index >= 15 is 0 Å². The quantitative estimate of drug-likeness (QED) is 0.894. The van der Waals surface area contributed by atoms with E-state index in [1.807, 2.05) is 25.1 Å². The molecule has 0 radical (unpaired) electrons. The first-order valence-electron chi connectivity index (χ1n) is 4.58. The van der Waals surface area contributed by atoms with Gasteiger partial charge in [0.05, 0.1) is 6.26 Å². The van der Waals surface area contributed by atoms with Crippen LogP contribution < -0.4 is 5.73 Å².